The number of carbonyl (C=O) groups is 1. The Morgan fingerprint density at radius 1 is 1.09 bits per heavy atom. The molecule has 6 heteroatoms. The first-order valence-electron chi connectivity index (χ1n) is 11.2. The molecule has 1 N–H and O–H groups in total. The minimum atomic E-state index is -0.190. The second-order valence-electron chi connectivity index (χ2n) is 7.92. The van der Waals surface area contributed by atoms with Crippen LogP contribution in [0.2, 0.25) is 0 Å². The lowest BCUT2D eigenvalue weighted by atomic mass is 10.1. The summed E-state index contributed by atoms with van der Waals surface area (Å²) in [6, 6.07) is 25.4. The summed E-state index contributed by atoms with van der Waals surface area (Å²) in [4.78, 5) is 12.4. The molecule has 0 fully saturated rings. The molecule has 0 unspecified atom stereocenters. The molecule has 0 saturated carbocycles. The highest BCUT2D eigenvalue weighted by molar-refractivity contribution is 6.01. The van der Waals surface area contributed by atoms with Crippen molar-refractivity contribution < 1.29 is 9.53 Å². The lowest BCUT2D eigenvalue weighted by Crippen LogP contribution is -2.19. The second kappa shape index (κ2) is 10.5. The molecule has 4 rings (SSSR count). The number of nitrogens with zero attached hydrogens (tertiary/aromatic N) is 3. The van der Waals surface area contributed by atoms with Crippen LogP contribution in [-0.2, 0) is 17.8 Å². The molecule has 0 aliphatic rings. The normalized spacial score (nSPS) is 11.0. The highest BCUT2D eigenvalue weighted by Crippen LogP contribution is 2.26. The van der Waals surface area contributed by atoms with Crippen LogP contribution in [0, 0.1) is 18.3 Å². The van der Waals surface area contributed by atoms with Crippen LogP contribution in [-0.4, -0.2) is 23.3 Å². The van der Waals surface area contributed by atoms with Crippen LogP contribution in [0.3, 0.4) is 0 Å². The van der Waals surface area contributed by atoms with Crippen LogP contribution in [0.15, 0.2) is 77.9 Å². The van der Waals surface area contributed by atoms with Crippen molar-refractivity contribution >= 4 is 23.0 Å². The predicted octanol–water partition coefficient (Wildman–Crippen LogP) is 4.96. The summed E-state index contributed by atoms with van der Waals surface area (Å²) >= 11 is 0. The summed E-state index contributed by atoms with van der Waals surface area (Å²) in [6.45, 7) is 5.14. The molecule has 170 valence electrons. The molecular weight excluding hydrogens is 424 g/mol. The zero-order valence-corrected chi connectivity index (χ0v) is 19.3. The van der Waals surface area contributed by atoms with Crippen molar-refractivity contribution in [3.8, 4) is 11.8 Å². The molecule has 0 saturated heterocycles. The van der Waals surface area contributed by atoms with Crippen LogP contribution in [0.25, 0.3) is 10.9 Å². The molecule has 1 heterocycles. The third-order valence-electron chi connectivity index (χ3n) is 5.73. The van der Waals surface area contributed by atoms with Crippen molar-refractivity contribution in [2.45, 2.75) is 26.8 Å². The number of rotatable bonds is 8. The Balaban J connectivity index is 1.52. The van der Waals surface area contributed by atoms with E-state index in [0.29, 0.717) is 18.7 Å². The van der Waals surface area contributed by atoms with Gasteiger partial charge in [0.25, 0.3) is 0 Å². The number of hydrazone groups is 1. The molecule has 0 aliphatic heterocycles. The number of benzene rings is 3. The van der Waals surface area contributed by atoms with E-state index in [4.69, 9.17) is 4.74 Å². The van der Waals surface area contributed by atoms with Gasteiger partial charge in [-0.2, -0.15) is 10.4 Å². The topological polar surface area (TPSA) is 79.4 Å². The Kier molecular flexibility index (Phi) is 7.04. The number of carbonyl (C=O) groups excluding carboxylic acids is 1. The zero-order chi connectivity index (χ0) is 23.9. The summed E-state index contributed by atoms with van der Waals surface area (Å²) in [5.74, 6) is 0.596. The average molecular weight is 451 g/mol. The standard InChI is InChI=1S/C28H26N4O2/c1-3-34-24-14-12-21(13-15-24)16-28(33)31-30-18-26-20(2)32(27-11-7-6-10-25(26)27)19-23-9-5-4-8-22(23)17-29/h4-15,18H,3,16,19H2,1-2H3,(H,31,33)/b30-18-. The van der Waals surface area contributed by atoms with Gasteiger partial charge in [0.15, 0.2) is 0 Å². The first-order chi connectivity index (χ1) is 16.6. The molecule has 1 amide bonds. The van der Waals surface area contributed by atoms with Crippen molar-refractivity contribution in [2.24, 2.45) is 5.10 Å². The maximum atomic E-state index is 12.4. The molecule has 1 aromatic heterocycles. The van der Waals surface area contributed by atoms with Gasteiger partial charge < -0.3 is 9.30 Å². The molecule has 0 aliphatic carbocycles. The highest BCUT2D eigenvalue weighted by atomic mass is 16.5. The third-order valence-corrected chi connectivity index (χ3v) is 5.73. The Morgan fingerprint density at radius 2 is 1.82 bits per heavy atom. The van der Waals surface area contributed by atoms with Gasteiger partial charge in [0.1, 0.15) is 5.75 Å². The first kappa shape index (κ1) is 22.8. The van der Waals surface area contributed by atoms with Crippen LogP contribution in [0.5, 0.6) is 5.75 Å². The van der Waals surface area contributed by atoms with Crippen LogP contribution < -0.4 is 10.2 Å². The smallest absolute Gasteiger partial charge is 0.244 e. The number of nitrogens with one attached hydrogen (secondary N) is 1. The summed E-state index contributed by atoms with van der Waals surface area (Å²) in [6.07, 6.45) is 1.93. The minimum absolute atomic E-state index is 0.190. The number of amides is 1. The fourth-order valence-corrected chi connectivity index (χ4v) is 4.03. The van der Waals surface area contributed by atoms with E-state index in [-0.39, 0.29) is 12.3 Å². The zero-order valence-electron chi connectivity index (χ0n) is 19.3. The number of para-hydroxylation sites is 1. The molecule has 0 radical (unpaired) electrons. The van der Waals surface area contributed by atoms with Gasteiger partial charge >= 0.3 is 0 Å². The van der Waals surface area contributed by atoms with Gasteiger partial charge in [-0.05, 0) is 49.2 Å². The Morgan fingerprint density at radius 3 is 2.59 bits per heavy atom. The van der Waals surface area contributed by atoms with E-state index < -0.39 is 0 Å². The SMILES string of the molecule is CCOc1ccc(CC(=O)N/N=C\c2c(C)n(Cc3ccccc3C#N)c3ccccc23)cc1. The molecule has 6 nitrogen and oxygen atoms in total. The number of fused-ring (bicyclic) bond motifs is 1. The van der Waals surface area contributed by atoms with Gasteiger partial charge in [0, 0.05) is 28.7 Å². The quantitative estimate of drug-likeness (QED) is 0.304. The van der Waals surface area contributed by atoms with Crippen molar-refractivity contribution in [2.75, 3.05) is 6.61 Å². The van der Waals surface area contributed by atoms with Gasteiger partial charge in [-0.15, -0.1) is 0 Å². The van der Waals surface area contributed by atoms with E-state index in [0.717, 1.165) is 39.0 Å². The first-order valence-corrected chi connectivity index (χ1v) is 11.2. The molecule has 0 spiro atoms. The number of hydrogen-bond donors (Lipinski definition) is 1. The molecule has 3 aromatic carbocycles. The summed E-state index contributed by atoms with van der Waals surface area (Å²) < 4.78 is 7.61. The van der Waals surface area contributed by atoms with Crippen molar-refractivity contribution in [3.63, 3.8) is 0 Å². The molecule has 4 aromatic rings. The summed E-state index contributed by atoms with van der Waals surface area (Å²) in [7, 11) is 0. The number of nitriles is 1. The number of hydrogen-bond acceptors (Lipinski definition) is 4. The summed E-state index contributed by atoms with van der Waals surface area (Å²) in [5, 5.41) is 14.7. The van der Waals surface area contributed by atoms with Crippen molar-refractivity contribution in [1.29, 1.82) is 5.26 Å². The van der Waals surface area contributed by atoms with E-state index in [2.05, 4.69) is 27.2 Å². The van der Waals surface area contributed by atoms with Gasteiger partial charge in [-0.1, -0.05) is 48.5 Å². The Bertz CT molecular complexity index is 1380. The Labute approximate surface area is 199 Å². The van der Waals surface area contributed by atoms with Crippen molar-refractivity contribution in [1.82, 2.24) is 9.99 Å². The van der Waals surface area contributed by atoms with E-state index in [1.807, 2.05) is 80.6 Å². The molecule has 34 heavy (non-hydrogen) atoms. The van der Waals surface area contributed by atoms with Crippen molar-refractivity contribution in [3.05, 3.63) is 101 Å². The van der Waals surface area contributed by atoms with Gasteiger partial charge in [-0.25, -0.2) is 5.43 Å². The lowest BCUT2D eigenvalue weighted by molar-refractivity contribution is -0.120. The van der Waals surface area contributed by atoms with Gasteiger partial charge in [-0.3, -0.25) is 4.79 Å². The number of ether oxygens (including phenoxy) is 1. The maximum absolute atomic E-state index is 12.4. The van der Waals surface area contributed by atoms with E-state index in [1.54, 1.807) is 6.21 Å². The van der Waals surface area contributed by atoms with Crippen LogP contribution in [0.1, 0.15) is 34.9 Å². The fourth-order valence-electron chi connectivity index (χ4n) is 4.03. The van der Waals surface area contributed by atoms with Crippen LogP contribution >= 0.6 is 0 Å². The average Bonchev–Trinajstić information content (AvgIpc) is 3.12. The van der Waals surface area contributed by atoms with Gasteiger partial charge in [0.05, 0.1) is 30.9 Å². The monoisotopic (exact) mass is 450 g/mol. The molecule has 0 atom stereocenters. The maximum Gasteiger partial charge on any atom is 0.244 e. The third kappa shape index (κ3) is 5.00. The fraction of sp³-hybridized carbons (Fsp3) is 0.179. The van der Waals surface area contributed by atoms with E-state index in [1.165, 1.54) is 0 Å². The number of aromatic nitrogens is 1. The lowest BCUT2D eigenvalue weighted by Gasteiger charge is -2.10. The summed E-state index contributed by atoms with van der Waals surface area (Å²) in [5.41, 5.74) is 8.15. The molecule has 0 bridgehead atoms. The predicted molar refractivity (Wildman–Crippen MR) is 134 cm³/mol. The van der Waals surface area contributed by atoms with E-state index >= 15 is 0 Å². The van der Waals surface area contributed by atoms with Crippen LogP contribution in [0.4, 0.5) is 0 Å². The second-order valence-corrected chi connectivity index (χ2v) is 7.92. The molecular formula is C28H26N4O2. The minimum Gasteiger partial charge on any atom is -0.494 e. The van der Waals surface area contributed by atoms with E-state index in [9.17, 15) is 10.1 Å². The Hall–Kier alpha value is -4.37. The largest absolute Gasteiger partial charge is 0.494 e. The highest BCUT2D eigenvalue weighted by Gasteiger charge is 2.14. The van der Waals surface area contributed by atoms with Gasteiger partial charge in [0.2, 0.25) is 5.91 Å².